The zero-order chi connectivity index (χ0) is 12.0. The second kappa shape index (κ2) is 6.12. The van der Waals surface area contributed by atoms with Gasteiger partial charge in [0.25, 0.3) is 0 Å². The molecule has 1 N–H and O–H groups in total. The molecule has 0 fully saturated rings. The summed E-state index contributed by atoms with van der Waals surface area (Å²) in [4.78, 5) is 11.3. The molecule has 0 bridgehead atoms. The molecule has 1 amide bonds. The summed E-state index contributed by atoms with van der Waals surface area (Å²) < 4.78 is 9.87. The van der Waals surface area contributed by atoms with E-state index in [0.717, 1.165) is 11.3 Å². The lowest BCUT2D eigenvalue weighted by Gasteiger charge is -2.14. The smallest absolute Gasteiger partial charge is 0.246 e. The van der Waals surface area contributed by atoms with Crippen molar-refractivity contribution in [1.82, 2.24) is 5.32 Å². The Balaban J connectivity index is 2.64. The number of rotatable bonds is 5. The summed E-state index contributed by atoms with van der Waals surface area (Å²) in [6, 6.07) is 7.55. The Bertz CT molecular complexity index is 352. The van der Waals surface area contributed by atoms with E-state index in [1.807, 2.05) is 31.2 Å². The number of benzene rings is 1. The van der Waals surface area contributed by atoms with E-state index in [1.54, 1.807) is 7.11 Å². The molecule has 0 spiro atoms. The van der Waals surface area contributed by atoms with Gasteiger partial charge in [0, 0.05) is 7.11 Å². The Morgan fingerprint density at radius 3 is 2.81 bits per heavy atom. The zero-order valence-electron chi connectivity index (χ0n) is 9.82. The van der Waals surface area contributed by atoms with Crippen molar-refractivity contribution in [3.63, 3.8) is 0 Å². The lowest BCUT2D eigenvalue weighted by molar-refractivity contribution is -0.125. The van der Waals surface area contributed by atoms with E-state index in [9.17, 15) is 4.79 Å². The van der Waals surface area contributed by atoms with Gasteiger partial charge in [-0.1, -0.05) is 12.1 Å². The predicted octanol–water partition coefficient (Wildman–Crippen LogP) is 1.52. The number of hydrogen-bond acceptors (Lipinski definition) is 3. The summed E-state index contributed by atoms with van der Waals surface area (Å²) in [6.45, 7) is 2.00. The lowest BCUT2D eigenvalue weighted by atomic mass is 10.1. The summed E-state index contributed by atoms with van der Waals surface area (Å²) in [5.74, 6) is 0.656. The Hall–Kier alpha value is -1.55. The second-order valence-corrected chi connectivity index (χ2v) is 3.50. The van der Waals surface area contributed by atoms with Crippen LogP contribution in [-0.4, -0.2) is 26.7 Å². The molecule has 0 radical (unpaired) electrons. The second-order valence-electron chi connectivity index (χ2n) is 3.50. The normalized spacial score (nSPS) is 11.9. The van der Waals surface area contributed by atoms with Crippen molar-refractivity contribution in [3.8, 4) is 5.75 Å². The number of ether oxygens (including phenoxy) is 2. The first-order chi connectivity index (χ1) is 7.67. The van der Waals surface area contributed by atoms with Gasteiger partial charge in [0.2, 0.25) is 5.91 Å². The van der Waals surface area contributed by atoms with E-state index in [-0.39, 0.29) is 18.6 Å². The van der Waals surface area contributed by atoms with Gasteiger partial charge >= 0.3 is 0 Å². The van der Waals surface area contributed by atoms with Crippen molar-refractivity contribution in [2.75, 3.05) is 20.8 Å². The van der Waals surface area contributed by atoms with Crippen LogP contribution in [0.2, 0.25) is 0 Å². The molecule has 4 nitrogen and oxygen atoms in total. The monoisotopic (exact) mass is 223 g/mol. The minimum atomic E-state index is -0.127. The third-order valence-corrected chi connectivity index (χ3v) is 2.25. The van der Waals surface area contributed by atoms with Crippen LogP contribution in [-0.2, 0) is 9.53 Å². The van der Waals surface area contributed by atoms with E-state index in [4.69, 9.17) is 9.47 Å². The molecule has 88 valence electrons. The van der Waals surface area contributed by atoms with Crippen LogP contribution >= 0.6 is 0 Å². The molecule has 0 aliphatic heterocycles. The highest BCUT2D eigenvalue weighted by molar-refractivity contribution is 5.77. The Labute approximate surface area is 95.6 Å². The van der Waals surface area contributed by atoms with Gasteiger partial charge in [-0.05, 0) is 24.6 Å². The number of carbonyl (C=O) groups is 1. The first kappa shape index (κ1) is 12.5. The molecule has 1 aromatic rings. The average molecular weight is 223 g/mol. The van der Waals surface area contributed by atoms with E-state index in [0.29, 0.717) is 0 Å². The van der Waals surface area contributed by atoms with Crippen LogP contribution in [0.15, 0.2) is 24.3 Å². The van der Waals surface area contributed by atoms with Crippen molar-refractivity contribution < 1.29 is 14.3 Å². The summed E-state index contributed by atoms with van der Waals surface area (Å²) in [5, 5.41) is 2.83. The fourth-order valence-electron chi connectivity index (χ4n) is 1.41. The van der Waals surface area contributed by atoms with Crippen molar-refractivity contribution in [2.24, 2.45) is 0 Å². The topological polar surface area (TPSA) is 47.6 Å². The molecule has 16 heavy (non-hydrogen) atoms. The molecule has 0 saturated heterocycles. The number of nitrogens with one attached hydrogen (secondary N) is 1. The van der Waals surface area contributed by atoms with Gasteiger partial charge in [-0.15, -0.1) is 0 Å². The van der Waals surface area contributed by atoms with Gasteiger partial charge in [-0.2, -0.15) is 0 Å². The minimum Gasteiger partial charge on any atom is -0.497 e. The van der Waals surface area contributed by atoms with Crippen molar-refractivity contribution >= 4 is 5.91 Å². The minimum absolute atomic E-state index is 0.0576. The summed E-state index contributed by atoms with van der Waals surface area (Å²) >= 11 is 0. The molecule has 0 saturated carbocycles. The van der Waals surface area contributed by atoms with Crippen LogP contribution in [0.1, 0.15) is 18.5 Å². The first-order valence-electron chi connectivity index (χ1n) is 5.09. The first-order valence-corrected chi connectivity index (χ1v) is 5.09. The molecule has 0 aliphatic rings. The summed E-state index contributed by atoms with van der Waals surface area (Å²) in [7, 11) is 3.11. The van der Waals surface area contributed by atoms with Gasteiger partial charge in [-0.25, -0.2) is 0 Å². The third kappa shape index (κ3) is 3.55. The summed E-state index contributed by atoms with van der Waals surface area (Å²) in [5.41, 5.74) is 1.00. The molecule has 4 heteroatoms. The highest BCUT2D eigenvalue weighted by atomic mass is 16.5. The molecule has 0 aliphatic carbocycles. The molecule has 0 aromatic heterocycles. The average Bonchev–Trinajstić information content (AvgIpc) is 2.29. The Kier molecular flexibility index (Phi) is 4.79. The van der Waals surface area contributed by atoms with E-state index in [2.05, 4.69) is 5.32 Å². The quantitative estimate of drug-likeness (QED) is 0.823. The molecule has 0 heterocycles. The van der Waals surface area contributed by atoms with Crippen LogP contribution in [0, 0.1) is 0 Å². The maximum absolute atomic E-state index is 11.3. The largest absolute Gasteiger partial charge is 0.497 e. The van der Waals surface area contributed by atoms with Gasteiger partial charge in [-0.3, -0.25) is 4.79 Å². The molecular weight excluding hydrogens is 206 g/mol. The molecular formula is C12H17NO3. The van der Waals surface area contributed by atoms with Crippen LogP contribution in [0.4, 0.5) is 0 Å². The maximum Gasteiger partial charge on any atom is 0.246 e. The SMILES string of the molecule is COCC(=O)NC(C)c1cccc(OC)c1. The Morgan fingerprint density at radius 1 is 1.44 bits per heavy atom. The number of amides is 1. The standard InChI is InChI=1S/C12H17NO3/c1-9(13-12(14)8-15-2)10-5-4-6-11(7-10)16-3/h4-7,9H,8H2,1-3H3,(H,13,14). The van der Waals surface area contributed by atoms with Gasteiger partial charge < -0.3 is 14.8 Å². The number of methoxy groups -OCH3 is 2. The van der Waals surface area contributed by atoms with E-state index < -0.39 is 0 Å². The van der Waals surface area contributed by atoms with Crippen LogP contribution in [0.25, 0.3) is 0 Å². The number of hydrogen-bond donors (Lipinski definition) is 1. The van der Waals surface area contributed by atoms with Crippen LogP contribution < -0.4 is 10.1 Å². The van der Waals surface area contributed by atoms with Crippen LogP contribution in [0.3, 0.4) is 0 Å². The zero-order valence-corrected chi connectivity index (χ0v) is 9.82. The molecule has 1 unspecified atom stereocenters. The van der Waals surface area contributed by atoms with E-state index in [1.165, 1.54) is 7.11 Å². The van der Waals surface area contributed by atoms with Gasteiger partial charge in [0.1, 0.15) is 12.4 Å². The lowest BCUT2D eigenvalue weighted by Crippen LogP contribution is -2.29. The van der Waals surface area contributed by atoms with Crippen molar-refractivity contribution in [3.05, 3.63) is 29.8 Å². The predicted molar refractivity (Wildman–Crippen MR) is 61.4 cm³/mol. The Morgan fingerprint density at radius 2 is 2.19 bits per heavy atom. The van der Waals surface area contributed by atoms with E-state index >= 15 is 0 Å². The summed E-state index contributed by atoms with van der Waals surface area (Å²) in [6.07, 6.45) is 0. The van der Waals surface area contributed by atoms with Crippen molar-refractivity contribution in [1.29, 1.82) is 0 Å². The third-order valence-electron chi connectivity index (χ3n) is 2.25. The highest BCUT2D eigenvalue weighted by Crippen LogP contribution is 2.18. The highest BCUT2D eigenvalue weighted by Gasteiger charge is 2.09. The van der Waals surface area contributed by atoms with Crippen LogP contribution in [0.5, 0.6) is 5.75 Å². The van der Waals surface area contributed by atoms with Gasteiger partial charge in [0.15, 0.2) is 0 Å². The molecule has 1 atom stereocenters. The maximum atomic E-state index is 11.3. The number of carbonyl (C=O) groups excluding carboxylic acids is 1. The molecule has 1 aromatic carbocycles. The fraction of sp³-hybridized carbons (Fsp3) is 0.417. The molecule has 1 rings (SSSR count). The van der Waals surface area contributed by atoms with Crippen molar-refractivity contribution in [2.45, 2.75) is 13.0 Å². The fourth-order valence-corrected chi connectivity index (χ4v) is 1.41. The van der Waals surface area contributed by atoms with Gasteiger partial charge in [0.05, 0.1) is 13.2 Å².